The van der Waals surface area contributed by atoms with Crippen LogP contribution in [0.4, 0.5) is 11.4 Å². The molecule has 29 heavy (non-hydrogen) atoms. The van der Waals surface area contributed by atoms with Crippen molar-refractivity contribution in [1.82, 2.24) is 10.6 Å². The van der Waals surface area contributed by atoms with Gasteiger partial charge >= 0.3 is 0 Å². The van der Waals surface area contributed by atoms with Gasteiger partial charge in [0.15, 0.2) is 5.96 Å². The van der Waals surface area contributed by atoms with Gasteiger partial charge in [0.25, 0.3) is 5.69 Å². The summed E-state index contributed by atoms with van der Waals surface area (Å²) in [5.41, 5.74) is 2.02. The zero-order chi connectivity index (χ0) is 20.6. The second-order valence-corrected chi connectivity index (χ2v) is 6.95. The maximum atomic E-state index is 10.9. The first-order chi connectivity index (χ1) is 14.1. The standard InChI is InChI=1S/C21H27N5O3/c1-22-21(23-14-16-7-5-9-18(13-16)26(27)28)24-17-8-6-12-25(15-17)19-10-3-4-11-20(19)29-2/h3-5,7,9-11,13,17H,6,8,12,14-15H2,1-2H3,(H2,22,23,24). The van der Waals surface area contributed by atoms with Crippen molar-refractivity contribution in [3.8, 4) is 5.75 Å². The lowest BCUT2D eigenvalue weighted by Gasteiger charge is -2.36. The van der Waals surface area contributed by atoms with Crippen molar-refractivity contribution < 1.29 is 9.66 Å². The van der Waals surface area contributed by atoms with Gasteiger partial charge in [-0.2, -0.15) is 0 Å². The van der Waals surface area contributed by atoms with Crippen LogP contribution in [0.25, 0.3) is 0 Å². The van der Waals surface area contributed by atoms with Gasteiger partial charge in [-0.15, -0.1) is 0 Å². The summed E-state index contributed by atoms with van der Waals surface area (Å²) in [5.74, 6) is 1.56. The van der Waals surface area contributed by atoms with Crippen LogP contribution in [0.2, 0.25) is 0 Å². The first-order valence-electron chi connectivity index (χ1n) is 9.69. The van der Waals surface area contributed by atoms with E-state index in [0.717, 1.165) is 42.9 Å². The fourth-order valence-corrected chi connectivity index (χ4v) is 3.56. The third-order valence-corrected chi connectivity index (χ3v) is 4.99. The van der Waals surface area contributed by atoms with E-state index < -0.39 is 0 Å². The Morgan fingerprint density at radius 3 is 2.90 bits per heavy atom. The molecule has 3 rings (SSSR count). The number of para-hydroxylation sites is 2. The van der Waals surface area contributed by atoms with Gasteiger partial charge in [0.2, 0.25) is 0 Å². The first kappa shape index (κ1) is 20.4. The number of guanidine groups is 1. The predicted molar refractivity (Wildman–Crippen MR) is 115 cm³/mol. The van der Waals surface area contributed by atoms with E-state index >= 15 is 0 Å². The molecule has 0 bridgehead atoms. The number of piperidine rings is 1. The number of anilines is 1. The molecule has 2 aromatic carbocycles. The molecule has 1 fully saturated rings. The molecule has 8 nitrogen and oxygen atoms in total. The number of hydrogen-bond acceptors (Lipinski definition) is 5. The zero-order valence-corrected chi connectivity index (χ0v) is 16.8. The maximum Gasteiger partial charge on any atom is 0.269 e. The van der Waals surface area contributed by atoms with E-state index in [2.05, 4.69) is 26.6 Å². The van der Waals surface area contributed by atoms with Crippen LogP contribution < -0.4 is 20.3 Å². The summed E-state index contributed by atoms with van der Waals surface area (Å²) >= 11 is 0. The Kier molecular flexibility index (Phi) is 6.89. The Bertz CT molecular complexity index is 871. The summed E-state index contributed by atoms with van der Waals surface area (Å²) in [7, 11) is 3.42. The Hall–Kier alpha value is -3.29. The average molecular weight is 397 g/mol. The molecular formula is C21H27N5O3. The minimum absolute atomic E-state index is 0.0898. The molecule has 0 saturated carbocycles. The average Bonchev–Trinajstić information content (AvgIpc) is 2.77. The molecule has 0 aromatic heterocycles. The minimum atomic E-state index is -0.384. The molecule has 1 aliphatic rings. The molecule has 0 amide bonds. The molecular weight excluding hydrogens is 370 g/mol. The number of nitrogens with one attached hydrogen (secondary N) is 2. The lowest BCUT2D eigenvalue weighted by molar-refractivity contribution is -0.384. The molecule has 1 atom stereocenters. The van der Waals surface area contributed by atoms with E-state index in [9.17, 15) is 10.1 Å². The number of nitrogens with zero attached hydrogens (tertiary/aromatic N) is 3. The van der Waals surface area contributed by atoms with Crippen LogP contribution >= 0.6 is 0 Å². The van der Waals surface area contributed by atoms with Gasteiger partial charge in [0, 0.05) is 44.9 Å². The summed E-state index contributed by atoms with van der Waals surface area (Å²) in [6.45, 7) is 2.29. The zero-order valence-electron chi connectivity index (χ0n) is 16.8. The molecule has 1 unspecified atom stereocenters. The number of non-ortho nitro benzene ring substituents is 1. The second-order valence-electron chi connectivity index (χ2n) is 6.95. The SMILES string of the molecule is CN=C(NCc1cccc([N+](=O)[O-])c1)NC1CCCN(c2ccccc2OC)C1. The highest BCUT2D eigenvalue weighted by Crippen LogP contribution is 2.29. The van der Waals surface area contributed by atoms with Crippen molar-refractivity contribution in [3.63, 3.8) is 0 Å². The Labute approximate surface area is 170 Å². The van der Waals surface area contributed by atoms with Crippen LogP contribution in [0.5, 0.6) is 5.75 Å². The molecule has 0 spiro atoms. The normalized spacial score (nSPS) is 17.0. The quantitative estimate of drug-likeness (QED) is 0.337. The van der Waals surface area contributed by atoms with Crippen molar-refractivity contribution in [2.75, 3.05) is 32.1 Å². The van der Waals surface area contributed by atoms with E-state index in [1.54, 1.807) is 26.3 Å². The Morgan fingerprint density at radius 2 is 2.14 bits per heavy atom. The summed E-state index contributed by atoms with van der Waals surface area (Å²) in [5, 5.41) is 17.7. The number of nitro groups is 1. The molecule has 0 radical (unpaired) electrons. The first-order valence-corrected chi connectivity index (χ1v) is 9.69. The van der Waals surface area contributed by atoms with E-state index in [0.29, 0.717) is 12.5 Å². The molecule has 1 saturated heterocycles. The summed E-state index contributed by atoms with van der Waals surface area (Å²) < 4.78 is 5.50. The number of rotatable bonds is 6. The fraction of sp³-hybridized carbons (Fsp3) is 0.381. The number of aliphatic imine (C=N–C) groups is 1. The van der Waals surface area contributed by atoms with E-state index in [1.165, 1.54) is 6.07 Å². The van der Waals surface area contributed by atoms with Crippen LogP contribution in [-0.2, 0) is 6.54 Å². The molecule has 8 heteroatoms. The van der Waals surface area contributed by atoms with Crippen LogP contribution in [0.1, 0.15) is 18.4 Å². The number of hydrogen-bond donors (Lipinski definition) is 2. The second kappa shape index (κ2) is 9.77. The highest BCUT2D eigenvalue weighted by molar-refractivity contribution is 5.80. The third kappa shape index (κ3) is 5.37. The Morgan fingerprint density at radius 1 is 1.31 bits per heavy atom. The number of ether oxygens (including phenoxy) is 1. The van der Waals surface area contributed by atoms with Gasteiger partial charge in [-0.05, 0) is 30.5 Å². The topological polar surface area (TPSA) is 92.0 Å². The van der Waals surface area contributed by atoms with Crippen LogP contribution in [-0.4, -0.2) is 44.2 Å². The van der Waals surface area contributed by atoms with E-state index in [1.807, 2.05) is 24.3 Å². The highest BCUT2D eigenvalue weighted by atomic mass is 16.6. The van der Waals surface area contributed by atoms with Crippen molar-refractivity contribution in [1.29, 1.82) is 0 Å². The Balaban J connectivity index is 1.59. The monoisotopic (exact) mass is 397 g/mol. The van der Waals surface area contributed by atoms with Crippen LogP contribution in [0.3, 0.4) is 0 Å². The van der Waals surface area contributed by atoms with Gasteiger partial charge in [0.05, 0.1) is 17.7 Å². The van der Waals surface area contributed by atoms with Crippen molar-refractivity contribution in [3.05, 3.63) is 64.2 Å². The lowest BCUT2D eigenvalue weighted by Crippen LogP contribution is -2.51. The molecule has 2 aromatic rings. The minimum Gasteiger partial charge on any atom is -0.495 e. The predicted octanol–water partition coefficient (Wildman–Crippen LogP) is 2.94. The molecule has 0 aliphatic carbocycles. The van der Waals surface area contributed by atoms with Crippen molar-refractivity contribution >= 4 is 17.3 Å². The smallest absolute Gasteiger partial charge is 0.269 e. The van der Waals surface area contributed by atoms with Gasteiger partial charge in [0.1, 0.15) is 5.75 Å². The molecule has 2 N–H and O–H groups in total. The van der Waals surface area contributed by atoms with Crippen LogP contribution in [0.15, 0.2) is 53.5 Å². The summed E-state index contributed by atoms with van der Waals surface area (Å²) in [6, 6.07) is 14.9. The van der Waals surface area contributed by atoms with Crippen molar-refractivity contribution in [2.24, 2.45) is 4.99 Å². The number of methoxy groups -OCH3 is 1. The van der Waals surface area contributed by atoms with Crippen molar-refractivity contribution in [2.45, 2.75) is 25.4 Å². The van der Waals surface area contributed by atoms with Gasteiger partial charge in [-0.1, -0.05) is 24.3 Å². The molecule has 1 aliphatic heterocycles. The van der Waals surface area contributed by atoms with Gasteiger partial charge < -0.3 is 20.3 Å². The van der Waals surface area contributed by atoms with Crippen LogP contribution in [0, 0.1) is 10.1 Å². The molecule has 154 valence electrons. The number of benzene rings is 2. The highest BCUT2D eigenvalue weighted by Gasteiger charge is 2.22. The fourth-order valence-electron chi connectivity index (χ4n) is 3.56. The van der Waals surface area contributed by atoms with Gasteiger partial charge in [-0.3, -0.25) is 15.1 Å². The maximum absolute atomic E-state index is 10.9. The van der Waals surface area contributed by atoms with E-state index in [-0.39, 0.29) is 16.7 Å². The summed E-state index contributed by atoms with van der Waals surface area (Å²) in [4.78, 5) is 17.2. The lowest BCUT2D eigenvalue weighted by atomic mass is 10.0. The number of nitro benzene ring substituents is 1. The van der Waals surface area contributed by atoms with E-state index in [4.69, 9.17) is 4.74 Å². The molecule has 1 heterocycles. The largest absolute Gasteiger partial charge is 0.495 e. The van der Waals surface area contributed by atoms with Gasteiger partial charge in [-0.25, -0.2) is 0 Å². The third-order valence-electron chi connectivity index (χ3n) is 4.99. The summed E-state index contributed by atoms with van der Waals surface area (Å²) in [6.07, 6.45) is 2.11.